The van der Waals surface area contributed by atoms with Crippen molar-refractivity contribution in [2.75, 3.05) is 6.61 Å². The lowest BCUT2D eigenvalue weighted by atomic mass is 9.95. The number of fused-ring (bicyclic) bond motifs is 3. The van der Waals surface area contributed by atoms with Crippen LogP contribution in [0.3, 0.4) is 0 Å². The summed E-state index contributed by atoms with van der Waals surface area (Å²) in [5, 5.41) is 3.19. The quantitative estimate of drug-likeness (QED) is 0.0674. The van der Waals surface area contributed by atoms with Gasteiger partial charge in [-0.25, -0.2) is 9.18 Å². The number of hydrogen-bond acceptors (Lipinski definition) is 8. The number of unbranched alkanes of at least 4 members (excludes halogenated alkanes) is 3. The number of ether oxygens (including phenoxy) is 1. The minimum atomic E-state index is -0.531. The first-order chi connectivity index (χ1) is 28.6. The fourth-order valence-electron chi connectivity index (χ4n) is 8.63. The van der Waals surface area contributed by atoms with E-state index in [1.54, 1.807) is 11.3 Å². The zero-order valence-corrected chi connectivity index (χ0v) is 41.6. The maximum Gasteiger partial charge on any atom is 0.351 e. The number of thiophene rings is 6. The molecule has 7 rings (SSSR count). The molecule has 3 atom stereocenters. The van der Waals surface area contributed by atoms with Gasteiger partial charge in [0.15, 0.2) is 5.82 Å². The first kappa shape index (κ1) is 47.0. The van der Waals surface area contributed by atoms with Crippen LogP contribution in [-0.2, 0) is 11.2 Å². The predicted molar refractivity (Wildman–Crippen MR) is 268 cm³/mol. The van der Waals surface area contributed by atoms with Gasteiger partial charge in [-0.05, 0) is 93.7 Å². The number of nitrogens with one attached hydrogen (secondary N) is 1. The molecule has 322 valence electrons. The summed E-state index contributed by atoms with van der Waals surface area (Å²) in [7, 11) is 0. The molecule has 3 nitrogen and oxygen atoms in total. The van der Waals surface area contributed by atoms with Crippen LogP contribution in [0.4, 0.5) is 4.39 Å². The Bertz CT molecular complexity index is 2510. The zero-order valence-electron chi connectivity index (χ0n) is 36.7. The van der Waals surface area contributed by atoms with Crippen molar-refractivity contribution in [3.63, 3.8) is 0 Å². The Hall–Kier alpha value is -2.44. The molecule has 6 heterocycles. The van der Waals surface area contributed by atoms with Gasteiger partial charge in [0.25, 0.3) is 0 Å². The number of benzene rings is 1. The average molecular weight is 920 g/mol. The molecule has 0 aliphatic carbocycles. The molecule has 0 fully saturated rings. The lowest BCUT2D eigenvalue weighted by Gasteiger charge is -2.14. The Morgan fingerprint density at radius 1 is 0.667 bits per heavy atom. The molecule has 0 saturated heterocycles. The minimum absolute atomic E-state index is 0. The van der Waals surface area contributed by atoms with Crippen molar-refractivity contribution >= 4 is 104 Å². The number of esters is 1. The second-order valence-corrected chi connectivity index (χ2v) is 23.3. The molecule has 1 aromatic carbocycles. The normalized spacial score (nSPS) is 13.4. The van der Waals surface area contributed by atoms with Crippen LogP contribution < -0.4 is 6.15 Å². The van der Waals surface area contributed by atoms with Gasteiger partial charge in [0.05, 0.1) is 16.2 Å². The molecule has 0 amide bonds. The van der Waals surface area contributed by atoms with E-state index in [1.165, 1.54) is 112 Å². The van der Waals surface area contributed by atoms with Crippen LogP contribution in [0.2, 0.25) is 0 Å². The van der Waals surface area contributed by atoms with E-state index in [0.717, 1.165) is 57.9 Å². The van der Waals surface area contributed by atoms with Crippen molar-refractivity contribution in [1.82, 2.24) is 6.15 Å². The Labute approximate surface area is 382 Å². The molecule has 0 aliphatic rings. The molecule has 60 heavy (non-hydrogen) atoms. The number of carbonyl (C=O) groups is 1. The fraction of sp³-hybridized carbons (Fsp3) is 0.500. The first-order valence-electron chi connectivity index (χ1n) is 22.2. The Morgan fingerprint density at radius 2 is 1.30 bits per heavy atom. The van der Waals surface area contributed by atoms with E-state index < -0.39 is 11.8 Å². The zero-order chi connectivity index (χ0) is 41.8. The summed E-state index contributed by atoms with van der Waals surface area (Å²) in [5.41, 5.74) is 2.67. The highest BCUT2D eigenvalue weighted by molar-refractivity contribution is 7.32. The van der Waals surface area contributed by atoms with Gasteiger partial charge in [-0.3, -0.25) is 0 Å². The van der Waals surface area contributed by atoms with Crippen LogP contribution in [0.1, 0.15) is 154 Å². The third-order valence-corrected chi connectivity index (χ3v) is 19.4. The Morgan fingerprint density at radius 3 is 1.98 bits per heavy atom. The van der Waals surface area contributed by atoms with Gasteiger partial charge in [0, 0.05) is 70.8 Å². The van der Waals surface area contributed by atoms with Crippen LogP contribution in [0.5, 0.6) is 0 Å². The van der Waals surface area contributed by atoms with Gasteiger partial charge < -0.3 is 4.74 Å². The highest BCUT2D eigenvalue weighted by Gasteiger charge is 2.29. The smallest absolute Gasteiger partial charge is 0.351 e. The third kappa shape index (κ3) is 9.70. The first-order valence-corrected chi connectivity index (χ1v) is 27.1. The molecule has 7 aromatic rings. The predicted octanol–water partition coefficient (Wildman–Crippen LogP) is 18.8. The van der Waals surface area contributed by atoms with Gasteiger partial charge >= 0.3 is 5.97 Å². The lowest BCUT2D eigenvalue weighted by Crippen LogP contribution is -2.14. The van der Waals surface area contributed by atoms with Crippen LogP contribution in [-0.4, -0.2) is 12.6 Å². The van der Waals surface area contributed by atoms with Gasteiger partial charge in [0.2, 0.25) is 0 Å². The van der Waals surface area contributed by atoms with Crippen LogP contribution in [0.25, 0.3) is 60.9 Å². The monoisotopic (exact) mass is 919 g/mol. The van der Waals surface area contributed by atoms with Crippen molar-refractivity contribution in [3.8, 4) is 30.6 Å². The van der Waals surface area contributed by atoms with E-state index in [9.17, 15) is 4.79 Å². The maximum absolute atomic E-state index is 16.3. The summed E-state index contributed by atoms with van der Waals surface area (Å²) in [6.07, 6.45) is 15.2. The summed E-state index contributed by atoms with van der Waals surface area (Å²) in [6.45, 7) is 18.2. The van der Waals surface area contributed by atoms with Gasteiger partial charge in [-0.15, -0.1) is 68.0 Å². The summed E-state index contributed by atoms with van der Waals surface area (Å²) in [4.78, 5) is 23.6. The third-order valence-electron chi connectivity index (χ3n) is 12.3. The number of halogens is 1. The van der Waals surface area contributed by atoms with E-state index in [2.05, 4.69) is 84.9 Å². The van der Waals surface area contributed by atoms with Crippen molar-refractivity contribution in [2.24, 2.45) is 11.8 Å². The molecule has 6 aromatic heterocycles. The minimum Gasteiger partial charge on any atom is -0.461 e. The number of carbonyl (C=O) groups excluding carboxylic acids is 1. The summed E-state index contributed by atoms with van der Waals surface area (Å²) < 4.78 is 25.6. The second kappa shape index (κ2) is 21.3. The topological polar surface area (TPSA) is 58.3 Å². The highest BCUT2D eigenvalue weighted by atomic mass is 32.1. The van der Waals surface area contributed by atoms with Crippen molar-refractivity contribution in [3.05, 3.63) is 66.6 Å². The molecule has 10 heteroatoms. The van der Waals surface area contributed by atoms with Crippen molar-refractivity contribution in [1.29, 1.82) is 0 Å². The fourth-order valence-corrected chi connectivity index (χ4v) is 16.2. The van der Waals surface area contributed by atoms with Crippen molar-refractivity contribution in [2.45, 2.75) is 145 Å². The van der Waals surface area contributed by atoms with Gasteiger partial charge in [-0.2, -0.15) is 6.15 Å². The van der Waals surface area contributed by atoms with Crippen LogP contribution in [0, 0.1) is 31.5 Å². The summed E-state index contributed by atoms with van der Waals surface area (Å²) >= 11 is 10.6. The standard InChI is InChI=1S/C50H61FO2S6.HN/c1-9-15-18-31(12-4)26-34-21-22-38(56-34)42-35-25-29(7)54-45(35)43(39-24-23-37(57-39)33(14-6)20-17-11-3)36-27-40(58-46(36)42)47-48-41(30(8)55-47)44(51)49(59-48)50(52)53-28-32(13-5)19-16-10-2;/h21-25,27,31-33H,9-20,26,28H2,1-8H3;1H. The molecule has 1 N–H and O–H groups in total. The molecule has 0 spiro atoms. The molecule has 0 bridgehead atoms. The average Bonchev–Trinajstić information content (AvgIpc) is 4.10. The van der Waals surface area contributed by atoms with E-state index >= 15 is 4.39 Å². The second-order valence-electron chi connectivity index (χ2n) is 16.5. The van der Waals surface area contributed by atoms with E-state index in [-0.39, 0.29) is 11.0 Å². The van der Waals surface area contributed by atoms with E-state index in [0.29, 0.717) is 29.7 Å². The van der Waals surface area contributed by atoms with Crippen molar-refractivity contribution < 1.29 is 13.9 Å². The number of aryl methyl sites for hydroxylation is 2. The molecule has 0 saturated carbocycles. The van der Waals surface area contributed by atoms with Crippen LogP contribution in [0.15, 0.2) is 36.4 Å². The van der Waals surface area contributed by atoms with Gasteiger partial charge in [-0.1, -0.05) is 99.3 Å². The molecular formula is C50H62FNO2S6. The molecule has 2 radical (unpaired) electrons. The number of hydrogen-bond donors (Lipinski definition) is 0. The Balaban J connectivity index is 0.00000604. The molecule has 0 aliphatic heterocycles. The summed E-state index contributed by atoms with van der Waals surface area (Å²) in [6, 6.07) is 14.3. The van der Waals surface area contributed by atoms with Gasteiger partial charge in [0.1, 0.15) is 4.88 Å². The molecule has 3 unspecified atom stereocenters. The SMILES string of the molecule is CCCCC(CC)COC(=O)c1sc2c(-c3cc4c(-c5ccc(C(CC)CCCC)s5)c5sc(C)cc5c(-c5ccc(CC(CC)CCCC)s5)c4s3)sc(C)c2c1F.[NH]. The van der Waals surface area contributed by atoms with Crippen LogP contribution >= 0.6 is 68.0 Å². The number of rotatable bonds is 21. The van der Waals surface area contributed by atoms with E-state index in [1.807, 2.05) is 52.3 Å². The molecular weight excluding hydrogens is 858 g/mol. The lowest BCUT2D eigenvalue weighted by molar-refractivity contribution is 0.0429. The van der Waals surface area contributed by atoms with E-state index in [4.69, 9.17) is 4.74 Å². The Kier molecular flexibility index (Phi) is 16.7. The maximum atomic E-state index is 16.3. The summed E-state index contributed by atoms with van der Waals surface area (Å²) in [5.74, 6) is 0.640. The largest absolute Gasteiger partial charge is 0.461 e. The highest BCUT2D eigenvalue weighted by Crippen LogP contribution is 2.55.